The zero-order chi connectivity index (χ0) is 20.1. The van der Waals surface area contributed by atoms with E-state index in [0.29, 0.717) is 18.1 Å². The molecule has 0 atom stereocenters. The van der Waals surface area contributed by atoms with E-state index in [-0.39, 0.29) is 17.5 Å². The molecule has 0 bridgehead atoms. The third-order valence-corrected chi connectivity index (χ3v) is 4.30. The quantitative estimate of drug-likeness (QED) is 0.652. The number of likely N-dealkylation sites (N-methyl/N-ethyl adjacent to an activating group) is 1. The fraction of sp³-hybridized carbons (Fsp3) is 0.286. The Kier molecular flexibility index (Phi) is 6.06. The van der Waals surface area contributed by atoms with Crippen LogP contribution in [0.15, 0.2) is 48.5 Å². The van der Waals surface area contributed by atoms with Gasteiger partial charge in [0.15, 0.2) is 0 Å². The molecule has 1 heterocycles. The number of hydroxylamine groups is 2. The van der Waals surface area contributed by atoms with Crippen molar-refractivity contribution in [3.8, 4) is 5.75 Å². The van der Waals surface area contributed by atoms with Gasteiger partial charge in [0.25, 0.3) is 11.8 Å². The summed E-state index contributed by atoms with van der Waals surface area (Å²) in [6.45, 7) is 1.42. The van der Waals surface area contributed by atoms with Crippen molar-refractivity contribution in [2.45, 2.75) is 12.8 Å². The lowest BCUT2D eigenvalue weighted by atomic mass is 10.1. The summed E-state index contributed by atoms with van der Waals surface area (Å²) in [7, 11) is 3.96. The molecule has 7 nitrogen and oxygen atoms in total. The van der Waals surface area contributed by atoms with E-state index in [2.05, 4.69) is 0 Å². The maximum absolute atomic E-state index is 12.2. The summed E-state index contributed by atoms with van der Waals surface area (Å²) >= 11 is 0. The van der Waals surface area contributed by atoms with Gasteiger partial charge in [0.1, 0.15) is 12.4 Å². The summed E-state index contributed by atoms with van der Waals surface area (Å²) in [6.07, 6.45) is 0.480. The molecule has 1 aliphatic heterocycles. The Morgan fingerprint density at radius 2 is 1.57 bits per heavy atom. The minimum atomic E-state index is -0.638. The highest BCUT2D eigenvalue weighted by Crippen LogP contribution is 2.23. The van der Waals surface area contributed by atoms with Crippen LogP contribution >= 0.6 is 0 Å². The van der Waals surface area contributed by atoms with Crippen molar-refractivity contribution in [2.75, 3.05) is 27.2 Å². The largest absolute Gasteiger partial charge is 0.492 e. The molecule has 0 fully saturated rings. The van der Waals surface area contributed by atoms with Gasteiger partial charge in [0.2, 0.25) is 0 Å². The molecule has 0 saturated heterocycles. The highest BCUT2D eigenvalue weighted by Gasteiger charge is 2.38. The molecule has 0 radical (unpaired) electrons. The summed E-state index contributed by atoms with van der Waals surface area (Å²) in [5.74, 6) is -1.11. The zero-order valence-electron chi connectivity index (χ0n) is 15.9. The first-order valence-corrected chi connectivity index (χ1v) is 9.01. The normalized spacial score (nSPS) is 13.0. The van der Waals surface area contributed by atoms with E-state index in [1.54, 1.807) is 12.1 Å². The molecule has 7 heteroatoms. The minimum absolute atomic E-state index is 0.0498. The van der Waals surface area contributed by atoms with Gasteiger partial charge in [0, 0.05) is 6.54 Å². The number of nitrogens with zero attached hydrogens (tertiary/aromatic N) is 2. The topological polar surface area (TPSA) is 76.2 Å². The standard InChI is InChI=1S/C21H22N2O5/c1-22(2)13-14-27-16-10-7-15(8-11-16)9-12-19(24)28-23-20(25)17-5-3-4-6-18(17)21(23)26/h3-8,10-11H,9,12-14H2,1-2H3. The highest BCUT2D eigenvalue weighted by atomic mass is 16.7. The Labute approximate surface area is 163 Å². The smallest absolute Gasteiger partial charge is 0.333 e. The van der Waals surface area contributed by atoms with Crippen molar-refractivity contribution in [3.05, 3.63) is 65.2 Å². The van der Waals surface area contributed by atoms with Crippen LogP contribution in [0.4, 0.5) is 0 Å². The molecular formula is C21H22N2O5. The summed E-state index contributed by atoms with van der Waals surface area (Å²) in [4.78, 5) is 43.5. The number of carbonyl (C=O) groups is 3. The second-order valence-electron chi connectivity index (χ2n) is 6.71. The van der Waals surface area contributed by atoms with Crippen molar-refractivity contribution < 1.29 is 24.0 Å². The van der Waals surface area contributed by atoms with Gasteiger partial charge in [-0.25, -0.2) is 4.79 Å². The third kappa shape index (κ3) is 4.55. The van der Waals surface area contributed by atoms with Gasteiger partial charge >= 0.3 is 5.97 Å². The second-order valence-corrected chi connectivity index (χ2v) is 6.71. The van der Waals surface area contributed by atoms with E-state index in [1.165, 1.54) is 12.1 Å². The van der Waals surface area contributed by atoms with E-state index < -0.39 is 17.8 Å². The lowest BCUT2D eigenvalue weighted by molar-refractivity contribution is -0.168. The van der Waals surface area contributed by atoms with E-state index in [1.807, 2.05) is 43.3 Å². The number of rotatable bonds is 8. The lowest BCUT2D eigenvalue weighted by Crippen LogP contribution is -2.32. The fourth-order valence-electron chi connectivity index (χ4n) is 2.74. The minimum Gasteiger partial charge on any atom is -0.492 e. The lowest BCUT2D eigenvalue weighted by Gasteiger charge is -2.13. The molecule has 2 aromatic carbocycles. The molecule has 0 unspecified atom stereocenters. The van der Waals surface area contributed by atoms with Gasteiger partial charge in [-0.15, -0.1) is 0 Å². The number of aryl methyl sites for hydroxylation is 1. The first-order chi connectivity index (χ1) is 13.5. The maximum Gasteiger partial charge on any atom is 0.333 e. The van der Waals surface area contributed by atoms with Crippen LogP contribution in [0.1, 0.15) is 32.7 Å². The van der Waals surface area contributed by atoms with Crippen molar-refractivity contribution >= 4 is 17.8 Å². The van der Waals surface area contributed by atoms with Crippen LogP contribution in [0.25, 0.3) is 0 Å². The van der Waals surface area contributed by atoms with Crippen molar-refractivity contribution in [1.29, 1.82) is 0 Å². The molecule has 0 N–H and O–H groups in total. The number of fused-ring (bicyclic) bond motifs is 1. The first kappa shape index (κ1) is 19.6. The van der Waals surface area contributed by atoms with E-state index >= 15 is 0 Å². The summed E-state index contributed by atoms with van der Waals surface area (Å²) in [5.41, 5.74) is 1.41. The third-order valence-electron chi connectivity index (χ3n) is 4.30. The van der Waals surface area contributed by atoms with Crippen LogP contribution in [0.2, 0.25) is 0 Å². The van der Waals surface area contributed by atoms with Crippen molar-refractivity contribution in [2.24, 2.45) is 0 Å². The summed E-state index contributed by atoms with van der Waals surface area (Å²) in [6, 6.07) is 13.8. The van der Waals surface area contributed by atoms with Crippen LogP contribution in [0.5, 0.6) is 5.75 Å². The molecule has 2 amide bonds. The molecule has 0 saturated carbocycles. The number of hydrogen-bond acceptors (Lipinski definition) is 6. The predicted molar refractivity (Wildman–Crippen MR) is 102 cm³/mol. The van der Waals surface area contributed by atoms with Gasteiger partial charge in [-0.1, -0.05) is 29.3 Å². The van der Waals surface area contributed by atoms with Crippen LogP contribution in [-0.4, -0.2) is 55.0 Å². The number of amides is 2. The summed E-state index contributed by atoms with van der Waals surface area (Å²) < 4.78 is 5.63. The van der Waals surface area contributed by atoms with Gasteiger partial charge in [-0.2, -0.15) is 0 Å². The van der Waals surface area contributed by atoms with E-state index in [4.69, 9.17) is 9.57 Å². The number of ether oxygens (including phenoxy) is 1. The fourth-order valence-corrected chi connectivity index (χ4v) is 2.74. The van der Waals surface area contributed by atoms with Gasteiger partial charge in [0.05, 0.1) is 17.5 Å². The van der Waals surface area contributed by atoms with Crippen LogP contribution in [0, 0.1) is 0 Å². The highest BCUT2D eigenvalue weighted by molar-refractivity contribution is 6.20. The Bertz CT molecular complexity index is 842. The first-order valence-electron chi connectivity index (χ1n) is 9.01. The maximum atomic E-state index is 12.2. The SMILES string of the molecule is CN(C)CCOc1ccc(CCC(=O)ON2C(=O)c3ccccc3C2=O)cc1. The van der Waals surface area contributed by atoms with Crippen LogP contribution in [-0.2, 0) is 16.1 Å². The van der Waals surface area contributed by atoms with Gasteiger partial charge in [-0.3, -0.25) is 9.59 Å². The number of hydrogen-bond donors (Lipinski definition) is 0. The molecule has 146 valence electrons. The zero-order valence-corrected chi connectivity index (χ0v) is 15.9. The Hall–Kier alpha value is -3.19. The Morgan fingerprint density at radius 1 is 0.964 bits per heavy atom. The monoisotopic (exact) mass is 382 g/mol. The number of imide groups is 1. The second kappa shape index (κ2) is 8.67. The molecule has 0 aliphatic carbocycles. The molecule has 3 rings (SSSR count). The summed E-state index contributed by atoms with van der Waals surface area (Å²) in [5, 5.41) is 0.536. The number of carbonyl (C=O) groups excluding carboxylic acids is 3. The van der Waals surface area contributed by atoms with Gasteiger partial charge in [-0.05, 0) is 50.3 Å². The molecule has 0 spiro atoms. The van der Waals surface area contributed by atoms with E-state index in [9.17, 15) is 14.4 Å². The number of benzene rings is 2. The Balaban J connectivity index is 1.48. The average Bonchev–Trinajstić information content (AvgIpc) is 2.92. The van der Waals surface area contributed by atoms with Crippen LogP contribution in [0.3, 0.4) is 0 Å². The van der Waals surface area contributed by atoms with E-state index in [0.717, 1.165) is 17.9 Å². The molecule has 2 aromatic rings. The molecule has 28 heavy (non-hydrogen) atoms. The van der Waals surface area contributed by atoms with Crippen molar-refractivity contribution in [3.63, 3.8) is 0 Å². The Morgan fingerprint density at radius 3 is 2.14 bits per heavy atom. The molecular weight excluding hydrogens is 360 g/mol. The van der Waals surface area contributed by atoms with Crippen molar-refractivity contribution in [1.82, 2.24) is 9.96 Å². The molecule has 1 aliphatic rings. The molecule has 0 aromatic heterocycles. The van der Waals surface area contributed by atoms with Gasteiger partial charge < -0.3 is 14.5 Å². The predicted octanol–water partition coefficient (Wildman–Crippen LogP) is 2.31. The average molecular weight is 382 g/mol. The van der Waals surface area contributed by atoms with Crippen LogP contribution < -0.4 is 4.74 Å².